The van der Waals surface area contributed by atoms with Gasteiger partial charge in [-0.1, -0.05) is 23.7 Å². The monoisotopic (exact) mass is 400 g/mol. The number of esters is 1. The molecule has 1 heterocycles. The van der Waals surface area contributed by atoms with E-state index in [1.165, 1.54) is 7.11 Å². The fraction of sp³-hybridized carbons (Fsp3) is 0.105. The molecule has 0 radical (unpaired) electrons. The molecule has 2 N–H and O–H groups in total. The van der Waals surface area contributed by atoms with Gasteiger partial charge in [0.15, 0.2) is 5.11 Å². The fourth-order valence-electron chi connectivity index (χ4n) is 2.41. The number of thiocarbonyl (C=S) groups is 1. The zero-order chi connectivity index (χ0) is 19.2. The second kappa shape index (κ2) is 8.66. The molecule has 0 unspecified atom stereocenters. The lowest BCUT2D eigenvalue weighted by atomic mass is 10.2. The molecule has 0 aliphatic carbocycles. The maximum absolute atomic E-state index is 11.6. The summed E-state index contributed by atoms with van der Waals surface area (Å²) in [6.07, 6.45) is 5.37. The number of hydrogen-bond donors (Lipinski definition) is 2. The van der Waals surface area contributed by atoms with Crippen molar-refractivity contribution in [1.29, 1.82) is 0 Å². The van der Waals surface area contributed by atoms with Crippen LogP contribution in [0.5, 0.6) is 0 Å². The van der Waals surface area contributed by atoms with Gasteiger partial charge in [0.25, 0.3) is 0 Å². The molecule has 3 rings (SSSR count). The van der Waals surface area contributed by atoms with Crippen LogP contribution in [-0.4, -0.2) is 27.7 Å². The molecule has 8 heteroatoms. The van der Waals surface area contributed by atoms with E-state index in [9.17, 15) is 4.79 Å². The lowest BCUT2D eigenvalue weighted by molar-refractivity contribution is 0.0601. The van der Waals surface area contributed by atoms with E-state index in [1.54, 1.807) is 30.7 Å². The average molecular weight is 401 g/mol. The highest BCUT2D eigenvalue weighted by Crippen LogP contribution is 2.23. The van der Waals surface area contributed by atoms with Gasteiger partial charge >= 0.3 is 5.97 Å². The Morgan fingerprint density at radius 2 is 2.04 bits per heavy atom. The number of nitrogens with one attached hydrogen (secondary N) is 2. The lowest BCUT2D eigenvalue weighted by Crippen LogP contribution is -2.28. The first kappa shape index (κ1) is 18.9. The van der Waals surface area contributed by atoms with Gasteiger partial charge in [-0.15, -0.1) is 0 Å². The zero-order valence-corrected chi connectivity index (χ0v) is 16.1. The second-order valence-corrected chi connectivity index (χ2v) is 6.45. The molecule has 0 saturated heterocycles. The third-order valence-corrected chi connectivity index (χ3v) is 4.40. The van der Waals surface area contributed by atoms with E-state index in [4.69, 9.17) is 28.6 Å². The number of benzene rings is 2. The first-order valence-electron chi connectivity index (χ1n) is 8.07. The molecule has 0 atom stereocenters. The summed E-state index contributed by atoms with van der Waals surface area (Å²) >= 11 is 11.5. The van der Waals surface area contributed by atoms with E-state index in [-0.39, 0.29) is 0 Å². The summed E-state index contributed by atoms with van der Waals surface area (Å²) in [7, 11) is 1.33. The van der Waals surface area contributed by atoms with E-state index < -0.39 is 5.97 Å². The van der Waals surface area contributed by atoms with Crippen LogP contribution in [-0.2, 0) is 11.3 Å². The number of carbonyl (C=O) groups excluding carboxylic acids is 1. The summed E-state index contributed by atoms with van der Waals surface area (Å²) in [5, 5.41) is 6.98. The van der Waals surface area contributed by atoms with Crippen LogP contribution in [0.1, 0.15) is 15.9 Å². The highest BCUT2D eigenvalue weighted by Gasteiger charge is 2.10. The first-order chi connectivity index (χ1) is 13.1. The quantitative estimate of drug-likeness (QED) is 0.501. The predicted octanol–water partition coefficient (Wildman–Crippen LogP) is 3.80. The maximum Gasteiger partial charge on any atom is 0.337 e. The van der Waals surface area contributed by atoms with Crippen molar-refractivity contribution in [3.63, 3.8) is 0 Å². The highest BCUT2D eigenvalue weighted by molar-refractivity contribution is 7.80. The van der Waals surface area contributed by atoms with E-state index in [0.29, 0.717) is 27.9 Å². The molecular formula is C19H17ClN4O2S. The van der Waals surface area contributed by atoms with Crippen LogP contribution in [0.2, 0.25) is 5.02 Å². The van der Waals surface area contributed by atoms with Crippen molar-refractivity contribution in [3.8, 4) is 5.69 Å². The summed E-state index contributed by atoms with van der Waals surface area (Å²) in [5.74, 6) is -0.438. The number of anilines is 1. The van der Waals surface area contributed by atoms with Crippen molar-refractivity contribution in [2.24, 2.45) is 0 Å². The van der Waals surface area contributed by atoms with Gasteiger partial charge in [-0.05, 0) is 48.1 Å². The Bertz CT molecular complexity index is 943. The molecule has 0 fully saturated rings. The van der Waals surface area contributed by atoms with Crippen molar-refractivity contribution in [3.05, 3.63) is 77.3 Å². The number of imidazole rings is 1. The van der Waals surface area contributed by atoms with Crippen LogP contribution in [0.4, 0.5) is 5.69 Å². The molecule has 6 nitrogen and oxygen atoms in total. The van der Waals surface area contributed by atoms with Crippen molar-refractivity contribution in [2.45, 2.75) is 6.54 Å². The molecule has 0 spiro atoms. The number of ether oxygens (including phenoxy) is 1. The number of hydrogen-bond acceptors (Lipinski definition) is 4. The summed E-state index contributed by atoms with van der Waals surface area (Å²) < 4.78 is 6.64. The van der Waals surface area contributed by atoms with Crippen molar-refractivity contribution < 1.29 is 9.53 Å². The Balaban J connectivity index is 1.59. The minimum atomic E-state index is -0.438. The summed E-state index contributed by atoms with van der Waals surface area (Å²) in [6, 6.07) is 12.8. The minimum absolute atomic E-state index is 0.391. The molecule has 1 aromatic heterocycles. The van der Waals surface area contributed by atoms with Gasteiger partial charge in [0.2, 0.25) is 0 Å². The van der Waals surface area contributed by atoms with E-state index in [1.807, 2.05) is 35.0 Å². The predicted molar refractivity (Wildman–Crippen MR) is 109 cm³/mol. The van der Waals surface area contributed by atoms with E-state index >= 15 is 0 Å². The Kier molecular flexibility index (Phi) is 6.05. The number of carbonyl (C=O) groups is 1. The van der Waals surface area contributed by atoms with Crippen molar-refractivity contribution >= 4 is 40.6 Å². The second-order valence-electron chi connectivity index (χ2n) is 5.63. The number of nitrogens with zero attached hydrogens (tertiary/aromatic N) is 2. The summed E-state index contributed by atoms with van der Waals surface area (Å²) in [4.78, 5) is 15.7. The van der Waals surface area contributed by atoms with Gasteiger partial charge in [0.1, 0.15) is 0 Å². The highest BCUT2D eigenvalue weighted by atomic mass is 35.5. The average Bonchev–Trinajstić information content (AvgIpc) is 3.22. The molecule has 0 saturated carbocycles. The minimum Gasteiger partial charge on any atom is -0.465 e. The Hall–Kier alpha value is -2.90. The van der Waals surface area contributed by atoms with Crippen LogP contribution in [0, 0.1) is 0 Å². The third kappa shape index (κ3) is 4.84. The maximum atomic E-state index is 11.6. The largest absolute Gasteiger partial charge is 0.465 e. The molecular weight excluding hydrogens is 384 g/mol. The van der Waals surface area contributed by atoms with Crippen molar-refractivity contribution in [2.75, 3.05) is 12.4 Å². The Morgan fingerprint density at radius 1 is 1.26 bits per heavy atom. The SMILES string of the molecule is COC(=O)c1ccc(Cl)c(NC(=S)NCc2ccc(-n3ccnc3)cc2)c1. The molecule has 0 bridgehead atoms. The first-order valence-corrected chi connectivity index (χ1v) is 8.85. The smallest absolute Gasteiger partial charge is 0.337 e. The lowest BCUT2D eigenvalue weighted by Gasteiger charge is -2.13. The number of halogens is 1. The number of rotatable bonds is 5. The molecule has 2 aromatic carbocycles. The molecule has 0 amide bonds. The van der Waals surface area contributed by atoms with Gasteiger partial charge in [-0.2, -0.15) is 0 Å². The van der Waals surface area contributed by atoms with Crippen LogP contribution in [0.25, 0.3) is 5.69 Å². The van der Waals surface area contributed by atoms with Gasteiger partial charge in [0, 0.05) is 24.6 Å². The third-order valence-electron chi connectivity index (χ3n) is 3.83. The molecule has 3 aromatic rings. The van der Waals surface area contributed by atoms with E-state index in [2.05, 4.69) is 15.6 Å². The molecule has 138 valence electrons. The van der Waals surface area contributed by atoms with Crippen LogP contribution in [0.3, 0.4) is 0 Å². The molecule has 0 aliphatic rings. The van der Waals surface area contributed by atoms with Crippen molar-refractivity contribution in [1.82, 2.24) is 14.9 Å². The van der Waals surface area contributed by atoms with Gasteiger partial charge in [-0.3, -0.25) is 0 Å². The van der Waals surface area contributed by atoms with Crippen LogP contribution in [0.15, 0.2) is 61.2 Å². The van der Waals surface area contributed by atoms with Gasteiger partial charge < -0.3 is 19.9 Å². The summed E-state index contributed by atoms with van der Waals surface area (Å²) in [6.45, 7) is 0.546. The van der Waals surface area contributed by atoms with E-state index in [0.717, 1.165) is 11.3 Å². The number of aromatic nitrogens is 2. The number of methoxy groups -OCH3 is 1. The summed E-state index contributed by atoms with van der Waals surface area (Å²) in [5.41, 5.74) is 3.02. The molecule has 0 aliphatic heterocycles. The topological polar surface area (TPSA) is 68.2 Å². The zero-order valence-electron chi connectivity index (χ0n) is 14.5. The van der Waals surface area contributed by atoms with Crippen LogP contribution < -0.4 is 10.6 Å². The van der Waals surface area contributed by atoms with Crippen LogP contribution >= 0.6 is 23.8 Å². The standard InChI is InChI=1S/C19H17ClN4O2S/c1-26-18(25)14-4-7-16(20)17(10-14)23-19(27)22-11-13-2-5-15(6-3-13)24-9-8-21-12-24/h2-10,12H,11H2,1H3,(H2,22,23,27). The van der Waals surface area contributed by atoms with Gasteiger partial charge in [0.05, 0.1) is 29.7 Å². The van der Waals surface area contributed by atoms with Gasteiger partial charge in [-0.25, -0.2) is 9.78 Å². The Morgan fingerprint density at radius 3 is 2.70 bits per heavy atom. The Labute approximate surface area is 167 Å². The normalized spacial score (nSPS) is 10.3. The molecule has 27 heavy (non-hydrogen) atoms. The fourth-order valence-corrected chi connectivity index (χ4v) is 2.76.